The Labute approximate surface area is 167 Å². The molecule has 0 aliphatic heterocycles. The number of thiophene rings is 1. The van der Waals surface area contributed by atoms with Gasteiger partial charge < -0.3 is 10.6 Å². The summed E-state index contributed by atoms with van der Waals surface area (Å²) in [4.78, 5) is 13.6. The summed E-state index contributed by atoms with van der Waals surface area (Å²) in [6.07, 6.45) is 0. The largest absolute Gasteiger partial charge is 0.328 e. The standard InChI is InChI=1S/C21H18ClN3OS/c1-14-4-6-15(7-5-14)21(19-3-2-10-27-19)24-13-20(26)25-18-11-17(22)9-8-16(18)12-23/h2-11,21,24H,13H2,1H3,(H,25,26)/p+1/t21-/m1/s1. The number of nitriles is 1. The van der Waals surface area contributed by atoms with Gasteiger partial charge in [0.05, 0.1) is 16.1 Å². The van der Waals surface area contributed by atoms with Crippen LogP contribution in [0.3, 0.4) is 0 Å². The Hall–Kier alpha value is -2.65. The molecule has 0 fully saturated rings. The lowest BCUT2D eigenvalue weighted by Gasteiger charge is -2.15. The van der Waals surface area contributed by atoms with Crippen molar-refractivity contribution in [2.24, 2.45) is 0 Å². The number of rotatable bonds is 6. The van der Waals surface area contributed by atoms with Crippen molar-refractivity contribution in [3.8, 4) is 6.07 Å². The van der Waals surface area contributed by atoms with Crippen LogP contribution in [-0.4, -0.2) is 12.5 Å². The maximum atomic E-state index is 12.5. The first-order valence-electron chi connectivity index (χ1n) is 8.49. The minimum Gasteiger partial charge on any atom is -0.328 e. The molecule has 0 saturated heterocycles. The van der Waals surface area contributed by atoms with Gasteiger partial charge in [-0.25, -0.2) is 0 Å². The Morgan fingerprint density at radius 1 is 1.26 bits per heavy atom. The molecule has 0 unspecified atom stereocenters. The number of halogens is 1. The molecule has 0 saturated carbocycles. The second-order valence-corrected chi connectivity index (χ2v) is 7.61. The van der Waals surface area contributed by atoms with Gasteiger partial charge in [-0.1, -0.05) is 47.5 Å². The van der Waals surface area contributed by atoms with Gasteiger partial charge in [0.25, 0.3) is 5.91 Å². The number of aryl methyl sites for hydroxylation is 1. The van der Waals surface area contributed by atoms with Crippen molar-refractivity contribution in [2.45, 2.75) is 13.0 Å². The van der Waals surface area contributed by atoms with E-state index in [0.717, 1.165) is 5.56 Å². The average molecular weight is 397 g/mol. The molecule has 0 aliphatic rings. The number of nitrogens with two attached hydrogens (primary N) is 1. The molecule has 1 atom stereocenters. The van der Waals surface area contributed by atoms with Gasteiger partial charge in [-0.2, -0.15) is 5.26 Å². The van der Waals surface area contributed by atoms with Gasteiger partial charge in [-0.3, -0.25) is 4.79 Å². The maximum Gasteiger partial charge on any atom is 0.279 e. The van der Waals surface area contributed by atoms with Gasteiger partial charge >= 0.3 is 0 Å². The Morgan fingerprint density at radius 2 is 2.04 bits per heavy atom. The topological polar surface area (TPSA) is 69.5 Å². The highest BCUT2D eigenvalue weighted by Gasteiger charge is 2.20. The summed E-state index contributed by atoms with van der Waals surface area (Å²) in [6, 6.07) is 19.4. The van der Waals surface area contributed by atoms with Crippen LogP contribution in [0.1, 0.15) is 27.6 Å². The van der Waals surface area contributed by atoms with E-state index in [2.05, 4.69) is 48.6 Å². The minimum atomic E-state index is -0.178. The number of anilines is 1. The summed E-state index contributed by atoms with van der Waals surface area (Å²) in [5.74, 6) is -0.178. The van der Waals surface area contributed by atoms with Crippen molar-refractivity contribution in [3.63, 3.8) is 0 Å². The molecule has 6 heteroatoms. The second-order valence-electron chi connectivity index (χ2n) is 6.19. The number of benzene rings is 2. The fourth-order valence-corrected chi connectivity index (χ4v) is 3.82. The lowest BCUT2D eigenvalue weighted by atomic mass is 10.0. The highest BCUT2D eigenvalue weighted by atomic mass is 35.5. The van der Waals surface area contributed by atoms with E-state index in [0.29, 0.717) is 16.3 Å². The van der Waals surface area contributed by atoms with Gasteiger partial charge in [-0.05, 0) is 36.6 Å². The molecule has 0 bridgehead atoms. The molecule has 4 nitrogen and oxygen atoms in total. The normalized spacial score (nSPS) is 11.6. The van der Waals surface area contributed by atoms with Gasteiger partial charge in [0.1, 0.15) is 12.1 Å². The van der Waals surface area contributed by atoms with Crippen molar-refractivity contribution in [1.82, 2.24) is 0 Å². The van der Waals surface area contributed by atoms with Crippen molar-refractivity contribution in [2.75, 3.05) is 11.9 Å². The first-order valence-corrected chi connectivity index (χ1v) is 9.75. The van der Waals surface area contributed by atoms with Gasteiger partial charge in [0.2, 0.25) is 0 Å². The van der Waals surface area contributed by atoms with Gasteiger partial charge in [-0.15, -0.1) is 11.3 Å². The number of quaternary nitrogens is 1. The van der Waals surface area contributed by atoms with Crippen LogP contribution in [-0.2, 0) is 4.79 Å². The lowest BCUT2D eigenvalue weighted by Crippen LogP contribution is -2.87. The number of nitrogens with one attached hydrogen (secondary N) is 1. The van der Waals surface area contributed by atoms with Crippen molar-refractivity contribution < 1.29 is 10.1 Å². The molecular formula is C21H19ClN3OS+. The molecule has 0 aliphatic carbocycles. The van der Waals surface area contributed by atoms with Crippen LogP contribution < -0.4 is 10.6 Å². The van der Waals surface area contributed by atoms with E-state index in [4.69, 9.17) is 11.6 Å². The monoisotopic (exact) mass is 396 g/mol. The second kappa shape index (κ2) is 8.83. The van der Waals surface area contributed by atoms with E-state index < -0.39 is 0 Å². The summed E-state index contributed by atoms with van der Waals surface area (Å²) < 4.78 is 0. The quantitative estimate of drug-likeness (QED) is 0.664. The van der Waals surface area contributed by atoms with Gasteiger partial charge in [0, 0.05) is 10.6 Å². The molecule has 3 N–H and O–H groups in total. The third-order valence-corrected chi connectivity index (χ3v) is 5.39. The van der Waals surface area contributed by atoms with E-state index in [-0.39, 0.29) is 18.5 Å². The molecule has 0 spiro atoms. The third kappa shape index (κ3) is 4.95. The first-order chi connectivity index (χ1) is 13.1. The Balaban J connectivity index is 1.72. The SMILES string of the molecule is Cc1ccc([C@@H]([NH2+]CC(=O)Nc2cc(Cl)ccc2C#N)c2cccs2)cc1. The summed E-state index contributed by atoms with van der Waals surface area (Å²) in [5.41, 5.74) is 3.18. The summed E-state index contributed by atoms with van der Waals surface area (Å²) in [5, 5.41) is 16.5. The van der Waals surface area contributed by atoms with E-state index in [1.54, 1.807) is 29.5 Å². The molecule has 27 heavy (non-hydrogen) atoms. The Kier molecular flexibility index (Phi) is 6.25. The third-order valence-electron chi connectivity index (χ3n) is 4.20. The minimum absolute atomic E-state index is 0.0474. The van der Waals surface area contributed by atoms with Crippen LogP contribution in [0.4, 0.5) is 5.69 Å². The van der Waals surface area contributed by atoms with E-state index in [9.17, 15) is 10.1 Å². The van der Waals surface area contributed by atoms with Crippen molar-refractivity contribution >= 4 is 34.5 Å². The Morgan fingerprint density at radius 3 is 2.70 bits per heavy atom. The lowest BCUT2D eigenvalue weighted by molar-refractivity contribution is -0.675. The molecule has 1 amide bonds. The number of amides is 1. The summed E-state index contributed by atoms with van der Waals surface area (Å²) in [7, 11) is 0. The fourth-order valence-electron chi connectivity index (χ4n) is 2.80. The first kappa shape index (κ1) is 19.1. The van der Waals surface area contributed by atoms with E-state index >= 15 is 0 Å². The van der Waals surface area contributed by atoms with Crippen LogP contribution in [0, 0.1) is 18.3 Å². The van der Waals surface area contributed by atoms with Crippen LogP contribution >= 0.6 is 22.9 Å². The molecule has 2 aromatic carbocycles. The van der Waals surface area contributed by atoms with Crippen LogP contribution in [0.25, 0.3) is 0 Å². The van der Waals surface area contributed by atoms with Crippen molar-refractivity contribution in [3.05, 3.63) is 86.6 Å². The van der Waals surface area contributed by atoms with Crippen molar-refractivity contribution in [1.29, 1.82) is 5.26 Å². The average Bonchev–Trinajstić information content (AvgIpc) is 3.18. The summed E-state index contributed by atoms with van der Waals surface area (Å²) >= 11 is 7.65. The molecule has 3 rings (SSSR count). The highest BCUT2D eigenvalue weighted by Crippen LogP contribution is 2.23. The van der Waals surface area contributed by atoms with E-state index in [1.807, 2.05) is 16.8 Å². The van der Waals surface area contributed by atoms with E-state index in [1.165, 1.54) is 10.4 Å². The predicted octanol–water partition coefficient (Wildman–Crippen LogP) is 3.87. The maximum absolute atomic E-state index is 12.5. The zero-order valence-corrected chi connectivity index (χ0v) is 16.3. The zero-order chi connectivity index (χ0) is 19.2. The van der Waals surface area contributed by atoms with Gasteiger partial charge in [0.15, 0.2) is 6.54 Å². The molecule has 3 aromatic rings. The number of carbonyl (C=O) groups excluding carboxylic acids is 1. The number of carbonyl (C=O) groups is 1. The molecule has 1 aromatic heterocycles. The number of hydrogen-bond donors (Lipinski definition) is 2. The molecular weight excluding hydrogens is 378 g/mol. The summed E-state index contributed by atoms with van der Waals surface area (Å²) in [6.45, 7) is 2.28. The highest BCUT2D eigenvalue weighted by molar-refractivity contribution is 7.10. The molecule has 0 radical (unpaired) electrons. The Bertz CT molecular complexity index is 962. The van der Waals surface area contributed by atoms with Crippen LogP contribution in [0.2, 0.25) is 5.02 Å². The molecule has 1 heterocycles. The number of nitrogens with zero attached hydrogens (tertiary/aromatic N) is 1. The fraction of sp³-hybridized carbons (Fsp3) is 0.143. The molecule has 136 valence electrons. The number of hydrogen-bond acceptors (Lipinski definition) is 3. The van der Waals surface area contributed by atoms with Crippen LogP contribution in [0.5, 0.6) is 0 Å². The smallest absolute Gasteiger partial charge is 0.279 e. The van der Waals surface area contributed by atoms with Crippen LogP contribution in [0.15, 0.2) is 60.0 Å². The predicted molar refractivity (Wildman–Crippen MR) is 109 cm³/mol. The zero-order valence-electron chi connectivity index (χ0n) is 14.8.